The van der Waals surface area contributed by atoms with Crippen LogP contribution in [0.25, 0.3) is 11.3 Å². The third-order valence-electron chi connectivity index (χ3n) is 9.07. The van der Waals surface area contributed by atoms with Crippen LogP contribution in [0.3, 0.4) is 0 Å². The molecule has 5 aliphatic rings. The first kappa shape index (κ1) is 21.9. The van der Waals surface area contributed by atoms with E-state index in [4.69, 9.17) is 23.2 Å². The Morgan fingerprint density at radius 2 is 1.77 bits per heavy atom. The molecule has 1 heterocycles. The number of carbonyl (C=O) groups excluding carboxylic acids is 1. The van der Waals surface area contributed by atoms with E-state index in [0.717, 1.165) is 46.7 Å². The molecule has 4 bridgehead atoms. The first-order valence-electron chi connectivity index (χ1n) is 12.8. The van der Waals surface area contributed by atoms with E-state index in [0.29, 0.717) is 22.3 Å². The Bertz CT molecular complexity index is 1320. The van der Waals surface area contributed by atoms with Gasteiger partial charge in [-0.25, -0.2) is 0 Å². The zero-order chi connectivity index (χ0) is 23.9. The molecule has 3 aromatic rings. The molecule has 35 heavy (non-hydrogen) atoms. The van der Waals surface area contributed by atoms with E-state index >= 15 is 0 Å². The largest absolute Gasteiger partial charge is 0.305 e. The predicted molar refractivity (Wildman–Crippen MR) is 140 cm³/mol. The number of aromatic amines is 1. The fourth-order valence-corrected chi connectivity index (χ4v) is 8.66. The number of H-pyrrole nitrogens is 1. The maximum absolute atomic E-state index is 14.3. The van der Waals surface area contributed by atoms with E-state index in [1.165, 1.54) is 49.7 Å². The highest BCUT2D eigenvalue weighted by Crippen LogP contribution is 2.60. The molecule has 0 aliphatic heterocycles. The Morgan fingerprint density at radius 3 is 2.46 bits per heavy atom. The van der Waals surface area contributed by atoms with Gasteiger partial charge < -0.3 is 4.90 Å². The van der Waals surface area contributed by atoms with Crippen molar-refractivity contribution in [3.8, 4) is 11.3 Å². The monoisotopic (exact) mass is 505 g/mol. The molecule has 8 rings (SSSR count). The number of hydrogen-bond acceptors (Lipinski definition) is 2. The molecule has 6 heteroatoms. The van der Waals surface area contributed by atoms with Gasteiger partial charge in [-0.15, -0.1) is 0 Å². The molecule has 0 spiro atoms. The summed E-state index contributed by atoms with van der Waals surface area (Å²) < 4.78 is 0. The van der Waals surface area contributed by atoms with Crippen molar-refractivity contribution in [3.05, 3.63) is 68.8 Å². The average molecular weight is 506 g/mol. The number of amides is 1. The Kier molecular flexibility index (Phi) is 4.92. The van der Waals surface area contributed by atoms with Gasteiger partial charge in [-0.05, 0) is 92.4 Å². The molecule has 0 saturated heterocycles. The first-order chi connectivity index (χ1) is 16.9. The number of benzene rings is 2. The fraction of sp³-hybridized carbons (Fsp3) is 0.448. The van der Waals surface area contributed by atoms with E-state index in [-0.39, 0.29) is 11.3 Å². The smallest absolute Gasteiger partial charge is 0.279 e. The second-order valence-corrected chi connectivity index (χ2v) is 12.5. The van der Waals surface area contributed by atoms with Gasteiger partial charge in [0.2, 0.25) is 0 Å². The van der Waals surface area contributed by atoms with Gasteiger partial charge in [0.25, 0.3) is 5.91 Å². The van der Waals surface area contributed by atoms with Gasteiger partial charge in [-0.2, -0.15) is 5.10 Å². The van der Waals surface area contributed by atoms with Crippen LogP contribution in [-0.2, 0) is 6.42 Å². The second-order valence-electron chi connectivity index (χ2n) is 11.7. The molecule has 1 amide bonds. The summed E-state index contributed by atoms with van der Waals surface area (Å²) in [5.74, 6) is 2.37. The minimum atomic E-state index is -0.0630. The van der Waals surface area contributed by atoms with E-state index in [1.54, 1.807) is 6.07 Å². The summed E-state index contributed by atoms with van der Waals surface area (Å²) >= 11 is 13.0. The zero-order valence-corrected chi connectivity index (χ0v) is 21.4. The lowest BCUT2D eigenvalue weighted by Crippen LogP contribution is -2.52. The summed E-state index contributed by atoms with van der Waals surface area (Å²) in [5, 5.41) is 8.83. The highest BCUT2D eigenvalue weighted by atomic mass is 35.5. The summed E-state index contributed by atoms with van der Waals surface area (Å²) in [6.07, 6.45) is 8.51. The van der Waals surface area contributed by atoms with Gasteiger partial charge in [0.1, 0.15) is 0 Å². The molecule has 4 nitrogen and oxygen atoms in total. The molecule has 1 N–H and O–H groups in total. The van der Waals surface area contributed by atoms with Gasteiger partial charge in [-0.1, -0.05) is 47.0 Å². The van der Waals surface area contributed by atoms with Crippen LogP contribution in [0.4, 0.5) is 5.69 Å². The number of nitrogens with one attached hydrogen (secondary N) is 1. The van der Waals surface area contributed by atoms with Crippen LogP contribution in [0.1, 0.15) is 65.7 Å². The van der Waals surface area contributed by atoms with Crippen LogP contribution in [0.2, 0.25) is 10.0 Å². The highest BCUT2D eigenvalue weighted by molar-refractivity contribution is 6.37. The number of carbonyl (C=O) groups is 1. The van der Waals surface area contributed by atoms with Crippen LogP contribution in [0, 0.1) is 30.1 Å². The third kappa shape index (κ3) is 3.55. The number of hydrogen-bond donors (Lipinski definition) is 1. The summed E-state index contributed by atoms with van der Waals surface area (Å²) in [5.41, 5.74) is 7.02. The van der Waals surface area contributed by atoms with Crippen LogP contribution in [-0.4, -0.2) is 22.6 Å². The van der Waals surface area contributed by atoms with Gasteiger partial charge in [0, 0.05) is 29.1 Å². The van der Waals surface area contributed by atoms with Crippen LogP contribution in [0.15, 0.2) is 36.4 Å². The van der Waals surface area contributed by atoms with E-state index < -0.39 is 0 Å². The van der Waals surface area contributed by atoms with Crippen molar-refractivity contribution in [2.45, 2.75) is 51.9 Å². The number of aryl methyl sites for hydroxylation is 1. The van der Waals surface area contributed by atoms with E-state index in [9.17, 15) is 4.79 Å². The average Bonchev–Trinajstić information content (AvgIpc) is 3.35. The highest BCUT2D eigenvalue weighted by Gasteiger charge is 2.52. The van der Waals surface area contributed by atoms with Crippen LogP contribution < -0.4 is 4.90 Å². The topological polar surface area (TPSA) is 49.0 Å². The van der Waals surface area contributed by atoms with Crippen LogP contribution >= 0.6 is 23.2 Å². The Hall–Kier alpha value is -2.30. The summed E-state index contributed by atoms with van der Waals surface area (Å²) in [7, 11) is 0. The lowest BCUT2D eigenvalue weighted by atomic mass is 9.49. The summed E-state index contributed by atoms with van der Waals surface area (Å²) in [6, 6.07) is 11.9. The predicted octanol–water partition coefficient (Wildman–Crippen LogP) is 7.46. The molecule has 5 aliphatic carbocycles. The van der Waals surface area contributed by atoms with Crippen molar-refractivity contribution >= 4 is 34.8 Å². The second kappa shape index (κ2) is 7.85. The molecule has 4 fully saturated rings. The normalized spacial score (nSPS) is 27.7. The van der Waals surface area contributed by atoms with Gasteiger partial charge in [0.15, 0.2) is 5.69 Å². The van der Waals surface area contributed by atoms with Gasteiger partial charge in [-0.3, -0.25) is 9.89 Å². The number of fused-ring (bicyclic) bond motifs is 3. The molecule has 0 atom stereocenters. The standard InChI is InChI=1S/C29H29Cl2N3O/c1-16-2-4-22-20(6-16)10-23-26(22)32-33-27(23)28(35)34(25-5-3-21(30)11-24(25)31)15-29-12-17-7-18(13-29)9-19(8-17)14-29/h2-6,11,17-19H,7-10,12-15H2,1H3,(H,32,33). The molecule has 4 saturated carbocycles. The maximum Gasteiger partial charge on any atom is 0.279 e. The fourth-order valence-electron chi connectivity index (χ4n) is 8.15. The van der Waals surface area contributed by atoms with Crippen molar-refractivity contribution in [1.29, 1.82) is 0 Å². The summed E-state index contributed by atoms with van der Waals surface area (Å²) in [6.45, 7) is 2.80. The summed E-state index contributed by atoms with van der Waals surface area (Å²) in [4.78, 5) is 16.2. The first-order valence-corrected chi connectivity index (χ1v) is 13.6. The van der Waals surface area contributed by atoms with Crippen molar-refractivity contribution in [3.63, 3.8) is 0 Å². The Morgan fingerprint density at radius 1 is 1.06 bits per heavy atom. The number of nitrogens with zero attached hydrogens (tertiary/aromatic N) is 2. The third-order valence-corrected chi connectivity index (χ3v) is 9.61. The maximum atomic E-state index is 14.3. The minimum absolute atomic E-state index is 0.0630. The number of aromatic nitrogens is 2. The Labute approximate surface area is 216 Å². The van der Waals surface area contributed by atoms with E-state index in [1.807, 2.05) is 17.0 Å². The quantitative estimate of drug-likeness (QED) is 0.312. The van der Waals surface area contributed by atoms with Crippen molar-refractivity contribution < 1.29 is 4.79 Å². The molecular formula is C29H29Cl2N3O. The molecular weight excluding hydrogens is 477 g/mol. The molecule has 0 unspecified atom stereocenters. The number of rotatable bonds is 4. The minimum Gasteiger partial charge on any atom is -0.305 e. The van der Waals surface area contributed by atoms with Gasteiger partial charge >= 0.3 is 0 Å². The lowest BCUT2D eigenvalue weighted by Gasteiger charge is -2.57. The van der Waals surface area contributed by atoms with E-state index in [2.05, 4.69) is 35.3 Å². The van der Waals surface area contributed by atoms with Crippen molar-refractivity contribution in [2.24, 2.45) is 23.2 Å². The molecule has 0 radical (unpaired) electrons. The lowest BCUT2D eigenvalue weighted by molar-refractivity contribution is -0.0472. The number of anilines is 1. The van der Waals surface area contributed by atoms with Crippen molar-refractivity contribution in [2.75, 3.05) is 11.4 Å². The zero-order valence-electron chi connectivity index (χ0n) is 19.9. The molecule has 2 aromatic carbocycles. The number of halogens is 2. The SMILES string of the molecule is Cc1ccc2c(c1)Cc1c(C(=O)N(CC34CC5CC(CC(C5)C3)C4)c3ccc(Cl)cc3Cl)n[nH]c1-2. The van der Waals surface area contributed by atoms with Crippen LogP contribution in [0.5, 0.6) is 0 Å². The van der Waals surface area contributed by atoms with Gasteiger partial charge in [0.05, 0.1) is 16.4 Å². The molecule has 180 valence electrons. The molecule has 1 aromatic heterocycles. The van der Waals surface area contributed by atoms with Crippen molar-refractivity contribution in [1.82, 2.24) is 10.2 Å². The Balaban J connectivity index is 1.28.